The SMILES string of the molecule is CCCCCCCC1CCC(c2ccc(OC/C=C/C3CCC(CCC)CC3)cc2)CC1. The third-order valence-electron chi connectivity index (χ3n) is 8.26. The van der Waals surface area contributed by atoms with Gasteiger partial charge in [-0.15, -0.1) is 0 Å². The van der Waals surface area contributed by atoms with E-state index in [0.717, 1.165) is 29.4 Å². The molecule has 180 valence electrons. The lowest BCUT2D eigenvalue weighted by atomic mass is 9.77. The minimum absolute atomic E-state index is 0.706. The molecule has 32 heavy (non-hydrogen) atoms. The number of ether oxygens (including phenoxy) is 1. The first-order chi connectivity index (χ1) is 15.8. The van der Waals surface area contributed by atoms with E-state index in [0.29, 0.717) is 6.61 Å². The van der Waals surface area contributed by atoms with E-state index >= 15 is 0 Å². The second kappa shape index (κ2) is 14.8. The van der Waals surface area contributed by atoms with Crippen LogP contribution in [0.5, 0.6) is 5.75 Å². The zero-order valence-electron chi connectivity index (χ0n) is 21.2. The van der Waals surface area contributed by atoms with Gasteiger partial charge in [0, 0.05) is 0 Å². The molecule has 0 aliphatic heterocycles. The predicted octanol–water partition coefficient (Wildman–Crippen LogP) is 9.86. The van der Waals surface area contributed by atoms with Crippen LogP contribution in [0.3, 0.4) is 0 Å². The van der Waals surface area contributed by atoms with Crippen molar-refractivity contribution in [2.75, 3.05) is 6.61 Å². The highest BCUT2D eigenvalue weighted by atomic mass is 16.5. The highest BCUT2D eigenvalue weighted by molar-refractivity contribution is 5.30. The summed E-state index contributed by atoms with van der Waals surface area (Å²) >= 11 is 0. The average molecular weight is 439 g/mol. The zero-order chi connectivity index (χ0) is 22.4. The lowest BCUT2D eigenvalue weighted by molar-refractivity contribution is 0.292. The zero-order valence-corrected chi connectivity index (χ0v) is 21.2. The summed E-state index contributed by atoms with van der Waals surface area (Å²) in [4.78, 5) is 0. The van der Waals surface area contributed by atoms with Crippen molar-refractivity contribution in [2.24, 2.45) is 17.8 Å². The lowest BCUT2D eigenvalue weighted by Gasteiger charge is -2.29. The van der Waals surface area contributed by atoms with Crippen LogP contribution < -0.4 is 4.74 Å². The summed E-state index contributed by atoms with van der Waals surface area (Å²) < 4.78 is 6.00. The number of benzene rings is 1. The molecular weight excluding hydrogens is 388 g/mol. The van der Waals surface area contributed by atoms with E-state index in [1.807, 2.05) is 0 Å². The normalized spacial score (nSPS) is 26.4. The van der Waals surface area contributed by atoms with Gasteiger partial charge in [-0.3, -0.25) is 0 Å². The molecule has 0 bridgehead atoms. The predicted molar refractivity (Wildman–Crippen MR) is 140 cm³/mol. The van der Waals surface area contributed by atoms with Crippen molar-refractivity contribution < 1.29 is 4.74 Å². The molecule has 0 N–H and O–H groups in total. The van der Waals surface area contributed by atoms with Gasteiger partial charge in [-0.2, -0.15) is 0 Å². The Morgan fingerprint density at radius 1 is 0.719 bits per heavy atom. The Bertz CT molecular complexity index is 614. The van der Waals surface area contributed by atoms with Gasteiger partial charge in [-0.05, 0) is 92.7 Å². The third kappa shape index (κ3) is 8.95. The van der Waals surface area contributed by atoms with Gasteiger partial charge >= 0.3 is 0 Å². The molecule has 0 saturated heterocycles. The van der Waals surface area contributed by atoms with Crippen molar-refractivity contribution in [3.8, 4) is 5.75 Å². The fraction of sp³-hybridized carbons (Fsp3) is 0.742. The first-order valence-electron chi connectivity index (χ1n) is 14.2. The number of allylic oxidation sites excluding steroid dienone is 1. The largest absolute Gasteiger partial charge is 0.490 e. The van der Waals surface area contributed by atoms with Crippen LogP contribution in [-0.2, 0) is 0 Å². The van der Waals surface area contributed by atoms with E-state index in [-0.39, 0.29) is 0 Å². The highest BCUT2D eigenvalue weighted by Crippen LogP contribution is 2.38. The van der Waals surface area contributed by atoms with E-state index in [9.17, 15) is 0 Å². The van der Waals surface area contributed by atoms with Crippen molar-refractivity contribution in [2.45, 2.75) is 122 Å². The number of unbranched alkanes of at least 4 members (excludes halogenated alkanes) is 4. The molecule has 0 amide bonds. The molecule has 0 aromatic heterocycles. The summed E-state index contributed by atoms with van der Waals surface area (Å²) in [5.41, 5.74) is 1.53. The van der Waals surface area contributed by atoms with Crippen molar-refractivity contribution in [3.63, 3.8) is 0 Å². The van der Waals surface area contributed by atoms with E-state index < -0.39 is 0 Å². The number of rotatable bonds is 13. The molecule has 1 heteroatoms. The molecule has 1 aromatic carbocycles. The third-order valence-corrected chi connectivity index (χ3v) is 8.26. The van der Waals surface area contributed by atoms with E-state index in [2.05, 4.69) is 50.3 Å². The highest BCUT2D eigenvalue weighted by Gasteiger charge is 2.22. The molecular formula is C31H50O. The van der Waals surface area contributed by atoms with E-state index in [1.165, 1.54) is 108 Å². The van der Waals surface area contributed by atoms with Crippen LogP contribution in [0.15, 0.2) is 36.4 Å². The van der Waals surface area contributed by atoms with Crippen molar-refractivity contribution in [3.05, 3.63) is 42.0 Å². The Balaban J connectivity index is 1.30. The Morgan fingerprint density at radius 2 is 1.38 bits per heavy atom. The molecule has 0 atom stereocenters. The maximum absolute atomic E-state index is 6.00. The van der Waals surface area contributed by atoms with Gasteiger partial charge in [0.1, 0.15) is 12.4 Å². The second-order valence-corrected chi connectivity index (χ2v) is 10.8. The molecule has 2 aliphatic rings. The minimum Gasteiger partial charge on any atom is -0.490 e. The van der Waals surface area contributed by atoms with Gasteiger partial charge in [0.2, 0.25) is 0 Å². The van der Waals surface area contributed by atoms with Crippen LogP contribution in [-0.4, -0.2) is 6.61 Å². The molecule has 0 radical (unpaired) electrons. The molecule has 2 aliphatic carbocycles. The van der Waals surface area contributed by atoms with Crippen LogP contribution in [0.25, 0.3) is 0 Å². The molecule has 1 aromatic rings. The molecule has 0 heterocycles. The molecule has 3 rings (SSSR count). The quantitative estimate of drug-likeness (QED) is 0.220. The summed E-state index contributed by atoms with van der Waals surface area (Å²) in [5, 5.41) is 0. The molecule has 0 spiro atoms. The van der Waals surface area contributed by atoms with Gasteiger partial charge in [-0.1, -0.05) is 89.5 Å². The van der Waals surface area contributed by atoms with Crippen molar-refractivity contribution >= 4 is 0 Å². The Kier molecular flexibility index (Phi) is 11.8. The first-order valence-corrected chi connectivity index (χ1v) is 14.2. The smallest absolute Gasteiger partial charge is 0.119 e. The molecule has 1 nitrogen and oxygen atoms in total. The monoisotopic (exact) mass is 438 g/mol. The summed E-state index contributed by atoms with van der Waals surface area (Å²) in [6.07, 6.45) is 27.2. The van der Waals surface area contributed by atoms with Gasteiger partial charge in [0.25, 0.3) is 0 Å². The first kappa shape index (κ1) is 25.4. The summed E-state index contributed by atoms with van der Waals surface area (Å²) in [7, 11) is 0. The topological polar surface area (TPSA) is 9.23 Å². The standard InChI is InChI=1S/C31H50O/c1-3-5-6-7-8-11-27-17-19-29(20-18-27)30-21-23-31(24-22-30)32-25-9-12-28-15-13-26(10-4-2)14-16-28/h9,12,21-24,26-29H,3-8,10-11,13-20,25H2,1-2H3/b12-9+. The van der Waals surface area contributed by atoms with Gasteiger partial charge < -0.3 is 4.74 Å². The lowest BCUT2D eigenvalue weighted by Crippen LogP contribution is -2.13. The van der Waals surface area contributed by atoms with E-state index in [4.69, 9.17) is 4.74 Å². The van der Waals surface area contributed by atoms with Crippen LogP contribution in [0.2, 0.25) is 0 Å². The van der Waals surface area contributed by atoms with Crippen molar-refractivity contribution in [1.82, 2.24) is 0 Å². The van der Waals surface area contributed by atoms with Crippen LogP contribution >= 0.6 is 0 Å². The summed E-state index contributed by atoms with van der Waals surface area (Å²) in [5.74, 6) is 4.54. The van der Waals surface area contributed by atoms with Gasteiger partial charge in [0.05, 0.1) is 0 Å². The fourth-order valence-corrected chi connectivity index (χ4v) is 6.13. The molecule has 2 fully saturated rings. The number of hydrogen-bond acceptors (Lipinski definition) is 1. The van der Waals surface area contributed by atoms with Gasteiger partial charge in [0.15, 0.2) is 0 Å². The Labute approximate surface area is 199 Å². The van der Waals surface area contributed by atoms with E-state index in [1.54, 1.807) is 0 Å². The summed E-state index contributed by atoms with van der Waals surface area (Å²) in [6.45, 7) is 5.33. The second-order valence-electron chi connectivity index (χ2n) is 10.8. The Hall–Kier alpha value is -1.24. The number of hydrogen-bond donors (Lipinski definition) is 0. The van der Waals surface area contributed by atoms with Gasteiger partial charge in [-0.25, -0.2) is 0 Å². The maximum Gasteiger partial charge on any atom is 0.119 e. The van der Waals surface area contributed by atoms with Crippen LogP contribution in [0.1, 0.15) is 128 Å². The fourth-order valence-electron chi connectivity index (χ4n) is 6.13. The molecule has 0 unspecified atom stereocenters. The van der Waals surface area contributed by atoms with Crippen LogP contribution in [0, 0.1) is 17.8 Å². The van der Waals surface area contributed by atoms with Crippen molar-refractivity contribution in [1.29, 1.82) is 0 Å². The van der Waals surface area contributed by atoms with Crippen LogP contribution in [0.4, 0.5) is 0 Å². The average Bonchev–Trinajstić information content (AvgIpc) is 2.84. The minimum atomic E-state index is 0.706. The maximum atomic E-state index is 6.00. The Morgan fingerprint density at radius 3 is 2.06 bits per heavy atom. The molecule has 2 saturated carbocycles. The summed E-state index contributed by atoms with van der Waals surface area (Å²) in [6, 6.07) is 9.03.